The van der Waals surface area contributed by atoms with Gasteiger partial charge in [-0.15, -0.1) is 0 Å². The molecule has 2 aromatic rings. The summed E-state index contributed by atoms with van der Waals surface area (Å²) in [6, 6.07) is 0.493. The van der Waals surface area contributed by atoms with Crippen molar-refractivity contribution in [2.24, 2.45) is 18.9 Å². The van der Waals surface area contributed by atoms with Crippen molar-refractivity contribution in [3.8, 4) is 0 Å². The van der Waals surface area contributed by atoms with Gasteiger partial charge >= 0.3 is 5.69 Å². The van der Waals surface area contributed by atoms with Gasteiger partial charge in [0.1, 0.15) is 0 Å². The summed E-state index contributed by atoms with van der Waals surface area (Å²) < 4.78 is 5.05. The fourth-order valence-electron chi connectivity index (χ4n) is 4.83. The van der Waals surface area contributed by atoms with E-state index in [4.69, 9.17) is 4.98 Å². The van der Waals surface area contributed by atoms with Gasteiger partial charge in [0.05, 0.1) is 0 Å². The van der Waals surface area contributed by atoms with E-state index in [0.29, 0.717) is 35.6 Å². The van der Waals surface area contributed by atoms with E-state index in [1.807, 2.05) is 0 Å². The first-order valence-corrected chi connectivity index (χ1v) is 10.8. The number of rotatable bonds is 4. The number of fused-ring (bicyclic) bond motifs is 3. The summed E-state index contributed by atoms with van der Waals surface area (Å²) in [6.45, 7) is 8.68. The molecule has 1 saturated carbocycles. The first-order chi connectivity index (χ1) is 13.4. The molecule has 1 atom stereocenters. The van der Waals surface area contributed by atoms with Crippen LogP contribution in [-0.2, 0) is 20.1 Å². The molecule has 1 aliphatic heterocycles. The number of imidazole rings is 1. The van der Waals surface area contributed by atoms with Crippen LogP contribution in [0.15, 0.2) is 9.59 Å². The molecule has 0 amide bonds. The molecule has 7 heteroatoms. The first-order valence-electron chi connectivity index (χ1n) is 10.8. The average Bonchev–Trinajstić information content (AvgIpc) is 3.05. The molecular weight excluding hydrogens is 354 g/mol. The zero-order chi connectivity index (χ0) is 20.0. The highest BCUT2D eigenvalue weighted by Gasteiger charge is 2.33. The molecule has 28 heavy (non-hydrogen) atoms. The van der Waals surface area contributed by atoms with E-state index in [1.54, 1.807) is 11.6 Å². The third-order valence-corrected chi connectivity index (χ3v) is 6.42. The maximum Gasteiger partial charge on any atom is 0.332 e. The van der Waals surface area contributed by atoms with E-state index < -0.39 is 0 Å². The number of aromatic nitrogens is 4. The molecule has 0 saturated heterocycles. The summed E-state index contributed by atoms with van der Waals surface area (Å²) in [6.07, 6.45) is 7.02. The van der Waals surface area contributed by atoms with Gasteiger partial charge in [-0.1, -0.05) is 40.0 Å². The van der Waals surface area contributed by atoms with Gasteiger partial charge in [-0.3, -0.25) is 13.9 Å². The maximum absolute atomic E-state index is 13.3. The Morgan fingerprint density at radius 2 is 1.82 bits per heavy atom. The van der Waals surface area contributed by atoms with Gasteiger partial charge in [-0.25, -0.2) is 4.79 Å². The highest BCUT2D eigenvalue weighted by molar-refractivity contribution is 5.75. The molecule has 0 radical (unpaired) electrons. The normalized spacial score (nSPS) is 20.9. The molecule has 2 aliphatic rings. The molecule has 7 nitrogen and oxygen atoms in total. The molecular formula is C21H33N5O2. The van der Waals surface area contributed by atoms with Crippen molar-refractivity contribution in [3.05, 3.63) is 20.8 Å². The SMILES string of the molecule is CC(C)CCn1c(=O)c2c(nc3n2C[C@H](C)CN3C2CCCCC2)n(C)c1=O. The van der Waals surface area contributed by atoms with Gasteiger partial charge in [0.25, 0.3) is 5.56 Å². The van der Waals surface area contributed by atoms with Crippen LogP contribution in [0.1, 0.15) is 59.3 Å². The van der Waals surface area contributed by atoms with E-state index >= 15 is 0 Å². The van der Waals surface area contributed by atoms with Crippen molar-refractivity contribution in [1.82, 2.24) is 18.7 Å². The molecule has 0 aromatic carbocycles. The lowest BCUT2D eigenvalue weighted by Crippen LogP contribution is -2.45. The number of nitrogens with zero attached hydrogens (tertiary/aromatic N) is 5. The summed E-state index contributed by atoms with van der Waals surface area (Å²) in [5, 5.41) is 0. The molecule has 154 valence electrons. The Labute approximate surface area is 166 Å². The molecule has 0 spiro atoms. The summed E-state index contributed by atoms with van der Waals surface area (Å²) in [5.74, 6) is 1.77. The van der Waals surface area contributed by atoms with Crippen LogP contribution < -0.4 is 16.1 Å². The second kappa shape index (κ2) is 7.41. The van der Waals surface area contributed by atoms with Gasteiger partial charge in [-0.2, -0.15) is 4.98 Å². The van der Waals surface area contributed by atoms with E-state index in [-0.39, 0.29) is 11.2 Å². The lowest BCUT2D eigenvalue weighted by atomic mass is 9.93. The summed E-state index contributed by atoms with van der Waals surface area (Å²) in [7, 11) is 1.74. The Morgan fingerprint density at radius 3 is 2.50 bits per heavy atom. The minimum Gasteiger partial charge on any atom is -0.339 e. The predicted molar refractivity (Wildman–Crippen MR) is 112 cm³/mol. The van der Waals surface area contributed by atoms with E-state index in [2.05, 4.69) is 30.2 Å². The van der Waals surface area contributed by atoms with Gasteiger partial charge in [0.15, 0.2) is 11.2 Å². The van der Waals surface area contributed by atoms with Crippen LogP contribution >= 0.6 is 0 Å². The largest absolute Gasteiger partial charge is 0.339 e. The molecule has 1 fully saturated rings. The van der Waals surface area contributed by atoms with Gasteiger partial charge in [-0.05, 0) is 31.1 Å². The third kappa shape index (κ3) is 3.18. The number of hydrogen-bond acceptors (Lipinski definition) is 4. The van der Waals surface area contributed by atoms with Crippen LogP contribution in [0.3, 0.4) is 0 Å². The summed E-state index contributed by atoms with van der Waals surface area (Å²) in [5.41, 5.74) is 0.676. The van der Waals surface area contributed by atoms with Crippen LogP contribution in [0.25, 0.3) is 11.2 Å². The van der Waals surface area contributed by atoms with E-state index in [1.165, 1.54) is 36.7 Å². The van der Waals surface area contributed by atoms with Gasteiger partial charge < -0.3 is 9.47 Å². The molecule has 0 bridgehead atoms. The quantitative estimate of drug-likeness (QED) is 0.809. The van der Waals surface area contributed by atoms with Crippen LogP contribution in [0.5, 0.6) is 0 Å². The molecule has 0 unspecified atom stereocenters. The standard InChI is InChI=1S/C21H33N5O2/c1-14(2)10-11-24-19(27)17-18(23(4)21(24)28)22-20-25(12-15(3)13-26(17)20)16-8-6-5-7-9-16/h14-16H,5-13H2,1-4H3/t15-/m1/s1. The maximum atomic E-state index is 13.3. The highest BCUT2D eigenvalue weighted by atomic mass is 16.2. The minimum absolute atomic E-state index is 0.185. The lowest BCUT2D eigenvalue weighted by molar-refractivity contribution is 0.354. The minimum atomic E-state index is -0.258. The second-order valence-electron chi connectivity index (χ2n) is 9.22. The van der Waals surface area contributed by atoms with E-state index in [9.17, 15) is 9.59 Å². The lowest BCUT2D eigenvalue weighted by Gasteiger charge is -2.40. The molecule has 4 rings (SSSR count). The Bertz CT molecular complexity index is 977. The van der Waals surface area contributed by atoms with Crippen molar-refractivity contribution in [2.45, 2.75) is 78.4 Å². The molecule has 3 heterocycles. The second-order valence-corrected chi connectivity index (χ2v) is 9.22. The summed E-state index contributed by atoms with van der Waals surface area (Å²) in [4.78, 5) is 33.4. The van der Waals surface area contributed by atoms with E-state index in [0.717, 1.165) is 25.5 Å². The van der Waals surface area contributed by atoms with Crippen molar-refractivity contribution >= 4 is 17.1 Å². The third-order valence-electron chi connectivity index (χ3n) is 6.42. The van der Waals surface area contributed by atoms with Crippen LogP contribution in [0, 0.1) is 11.8 Å². The van der Waals surface area contributed by atoms with Gasteiger partial charge in [0.2, 0.25) is 5.95 Å². The fourth-order valence-corrected chi connectivity index (χ4v) is 4.83. The zero-order valence-electron chi connectivity index (χ0n) is 17.6. The fraction of sp³-hybridized carbons (Fsp3) is 0.762. The molecule has 0 N–H and O–H groups in total. The Kier molecular flexibility index (Phi) is 5.10. The van der Waals surface area contributed by atoms with Crippen molar-refractivity contribution in [2.75, 3.05) is 11.4 Å². The van der Waals surface area contributed by atoms with Crippen molar-refractivity contribution in [3.63, 3.8) is 0 Å². The monoisotopic (exact) mass is 387 g/mol. The van der Waals surface area contributed by atoms with Crippen LogP contribution in [0.4, 0.5) is 5.95 Å². The Hall–Kier alpha value is -2.05. The topological polar surface area (TPSA) is 65.1 Å². The number of hydrogen-bond donors (Lipinski definition) is 0. The average molecular weight is 388 g/mol. The highest BCUT2D eigenvalue weighted by Crippen LogP contribution is 2.32. The Balaban J connectivity index is 1.87. The van der Waals surface area contributed by atoms with Crippen molar-refractivity contribution in [1.29, 1.82) is 0 Å². The first kappa shape index (κ1) is 19.3. The smallest absolute Gasteiger partial charge is 0.332 e. The number of anilines is 1. The number of aryl methyl sites for hydroxylation is 1. The van der Waals surface area contributed by atoms with Crippen LogP contribution in [0.2, 0.25) is 0 Å². The summed E-state index contributed by atoms with van der Waals surface area (Å²) >= 11 is 0. The molecule has 2 aromatic heterocycles. The Morgan fingerprint density at radius 1 is 1.11 bits per heavy atom. The predicted octanol–water partition coefficient (Wildman–Crippen LogP) is 2.73. The molecule has 1 aliphatic carbocycles. The zero-order valence-corrected chi connectivity index (χ0v) is 17.6. The van der Waals surface area contributed by atoms with Crippen LogP contribution in [-0.4, -0.2) is 31.3 Å². The van der Waals surface area contributed by atoms with Gasteiger partial charge in [0, 0.05) is 32.7 Å². The van der Waals surface area contributed by atoms with Crippen molar-refractivity contribution < 1.29 is 0 Å².